The van der Waals surface area contributed by atoms with Crippen LogP contribution in [-0.4, -0.2) is 14.5 Å². The largest absolute Gasteiger partial charge is 0.312 e. The fourth-order valence-corrected chi connectivity index (χ4v) is 3.11. The highest BCUT2D eigenvalue weighted by Crippen LogP contribution is 2.33. The third kappa shape index (κ3) is 1.70. The van der Waals surface area contributed by atoms with Gasteiger partial charge in [0.2, 0.25) is 0 Å². The quantitative estimate of drug-likeness (QED) is 0.685. The lowest BCUT2D eigenvalue weighted by atomic mass is 10.3. The molecular formula is C12H10BrN3S. The summed E-state index contributed by atoms with van der Waals surface area (Å²) >= 11 is 5.22. The van der Waals surface area contributed by atoms with Gasteiger partial charge in [0.05, 0.1) is 3.79 Å². The molecule has 0 fully saturated rings. The Kier molecular flexibility index (Phi) is 2.52. The minimum atomic E-state index is 0.920. The topological polar surface area (TPSA) is 30.7 Å². The Bertz CT molecular complexity index is 699. The molecule has 0 saturated heterocycles. The van der Waals surface area contributed by atoms with Crippen LogP contribution in [0.4, 0.5) is 0 Å². The van der Waals surface area contributed by atoms with Crippen molar-refractivity contribution < 1.29 is 0 Å². The third-order valence-electron chi connectivity index (χ3n) is 2.70. The second-order valence-corrected chi connectivity index (χ2v) is 6.19. The fourth-order valence-electron chi connectivity index (χ4n) is 1.87. The van der Waals surface area contributed by atoms with Crippen LogP contribution < -0.4 is 0 Å². The maximum Gasteiger partial charge on any atom is 0.160 e. The summed E-state index contributed by atoms with van der Waals surface area (Å²) < 4.78 is 3.13. The molecule has 0 unspecified atom stereocenters. The lowest BCUT2D eigenvalue weighted by molar-refractivity contribution is 0.941. The zero-order valence-corrected chi connectivity index (χ0v) is 11.8. The molecule has 3 aromatic rings. The zero-order chi connectivity index (χ0) is 12.0. The molecule has 86 valence electrons. The molecule has 17 heavy (non-hydrogen) atoms. The van der Waals surface area contributed by atoms with Crippen molar-refractivity contribution in [1.29, 1.82) is 0 Å². The number of hydrogen-bond acceptors (Lipinski definition) is 3. The van der Waals surface area contributed by atoms with Gasteiger partial charge < -0.3 is 4.57 Å². The Labute approximate surface area is 111 Å². The van der Waals surface area contributed by atoms with E-state index in [2.05, 4.69) is 43.4 Å². The van der Waals surface area contributed by atoms with Crippen LogP contribution in [0.1, 0.15) is 5.56 Å². The molecule has 3 nitrogen and oxygen atoms in total. The lowest BCUT2D eigenvalue weighted by Crippen LogP contribution is -1.93. The first-order valence-electron chi connectivity index (χ1n) is 5.19. The average molecular weight is 308 g/mol. The van der Waals surface area contributed by atoms with E-state index < -0.39 is 0 Å². The maximum atomic E-state index is 4.65. The number of pyridine rings is 1. The number of aryl methyl sites for hydroxylation is 2. The van der Waals surface area contributed by atoms with Gasteiger partial charge in [0.1, 0.15) is 11.3 Å². The zero-order valence-electron chi connectivity index (χ0n) is 9.44. The van der Waals surface area contributed by atoms with Crippen molar-refractivity contribution >= 4 is 38.4 Å². The third-order valence-corrected chi connectivity index (χ3v) is 4.39. The fraction of sp³-hybridized carbons (Fsp3) is 0.167. The number of fused-ring (bicyclic) bond motifs is 1. The monoisotopic (exact) mass is 307 g/mol. The van der Waals surface area contributed by atoms with E-state index in [1.54, 1.807) is 11.3 Å². The van der Waals surface area contributed by atoms with Crippen LogP contribution in [-0.2, 0) is 7.05 Å². The second kappa shape index (κ2) is 3.92. The van der Waals surface area contributed by atoms with Crippen molar-refractivity contribution in [2.45, 2.75) is 6.92 Å². The van der Waals surface area contributed by atoms with Gasteiger partial charge in [0, 0.05) is 18.8 Å². The highest BCUT2D eigenvalue weighted by atomic mass is 79.9. The van der Waals surface area contributed by atoms with E-state index in [-0.39, 0.29) is 0 Å². The molecule has 0 aliphatic heterocycles. The molecule has 0 amide bonds. The van der Waals surface area contributed by atoms with Gasteiger partial charge in [-0.05, 0) is 45.9 Å². The number of nitrogens with zero attached hydrogens (tertiary/aromatic N) is 3. The van der Waals surface area contributed by atoms with Crippen LogP contribution in [0.5, 0.6) is 0 Å². The molecule has 0 bridgehead atoms. The van der Waals surface area contributed by atoms with Crippen LogP contribution in [0.25, 0.3) is 22.6 Å². The van der Waals surface area contributed by atoms with Crippen LogP contribution in [0.2, 0.25) is 0 Å². The number of hydrogen-bond donors (Lipinski definition) is 0. The van der Waals surface area contributed by atoms with Gasteiger partial charge in [-0.15, -0.1) is 11.3 Å². The SMILES string of the molecule is Cc1cnc2c(c1)nc(-c1ccsc1Br)n2C. The normalized spacial score (nSPS) is 11.2. The molecule has 0 atom stereocenters. The molecular weight excluding hydrogens is 298 g/mol. The van der Waals surface area contributed by atoms with Gasteiger partial charge in [-0.3, -0.25) is 0 Å². The number of aromatic nitrogens is 3. The highest BCUT2D eigenvalue weighted by Gasteiger charge is 2.13. The minimum absolute atomic E-state index is 0.920. The standard InChI is InChI=1S/C12H10BrN3S/c1-7-5-9-12(14-6-7)16(2)11(15-9)8-3-4-17-10(8)13/h3-6H,1-2H3. The molecule has 0 radical (unpaired) electrons. The van der Waals surface area contributed by atoms with E-state index in [1.165, 1.54) is 0 Å². The Balaban J connectivity index is 2.31. The number of thiophene rings is 1. The summed E-state index contributed by atoms with van der Waals surface area (Å²) in [6.45, 7) is 2.03. The van der Waals surface area contributed by atoms with Crippen LogP contribution in [0.3, 0.4) is 0 Å². The van der Waals surface area contributed by atoms with Gasteiger partial charge in [-0.2, -0.15) is 0 Å². The number of rotatable bonds is 1. The average Bonchev–Trinajstić information content (AvgIpc) is 2.83. The van der Waals surface area contributed by atoms with Crippen molar-refractivity contribution in [3.05, 3.63) is 33.1 Å². The van der Waals surface area contributed by atoms with E-state index in [4.69, 9.17) is 0 Å². The molecule has 0 aromatic carbocycles. The predicted octanol–water partition coefficient (Wildman–Crippen LogP) is 3.77. The van der Waals surface area contributed by atoms with Gasteiger partial charge in [-0.1, -0.05) is 0 Å². The summed E-state index contributed by atoms with van der Waals surface area (Å²) in [5.74, 6) is 0.950. The van der Waals surface area contributed by atoms with Gasteiger partial charge >= 0.3 is 0 Å². The summed E-state index contributed by atoms with van der Waals surface area (Å²) in [7, 11) is 2.00. The Morgan fingerprint density at radius 3 is 2.94 bits per heavy atom. The van der Waals surface area contributed by atoms with Gasteiger partial charge in [0.25, 0.3) is 0 Å². The molecule has 3 aromatic heterocycles. The first kappa shape index (κ1) is 10.9. The molecule has 3 rings (SSSR count). The van der Waals surface area contributed by atoms with Crippen molar-refractivity contribution in [2.75, 3.05) is 0 Å². The molecule has 5 heteroatoms. The first-order valence-corrected chi connectivity index (χ1v) is 6.86. The second-order valence-electron chi connectivity index (χ2n) is 3.96. The summed E-state index contributed by atoms with van der Waals surface area (Å²) in [6, 6.07) is 4.13. The van der Waals surface area contributed by atoms with Gasteiger partial charge in [0.15, 0.2) is 5.65 Å². The molecule has 0 aliphatic rings. The highest BCUT2D eigenvalue weighted by molar-refractivity contribution is 9.11. The van der Waals surface area contributed by atoms with Crippen molar-refractivity contribution in [3.63, 3.8) is 0 Å². The Morgan fingerprint density at radius 1 is 1.41 bits per heavy atom. The number of halogens is 1. The summed E-state index contributed by atoms with van der Waals surface area (Å²) in [5, 5.41) is 2.05. The Morgan fingerprint density at radius 2 is 2.24 bits per heavy atom. The van der Waals surface area contributed by atoms with Crippen molar-refractivity contribution in [1.82, 2.24) is 14.5 Å². The summed E-state index contributed by atoms with van der Waals surface area (Å²) in [4.78, 5) is 9.08. The van der Waals surface area contributed by atoms with Crippen LogP contribution in [0, 0.1) is 6.92 Å². The molecule has 0 aliphatic carbocycles. The van der Waals surface area contributed by atoms with Crippen LogP contribution >= 0.6 is 27.3 Å². The first-order chi connectivity index (χ1) is 8.16. The van der Waals surface area contributed by atoms with E-state index in [0.29, 0.717) is 0 Å². The summed E-state index contributed by atoms with van der Waals surface area (Å²) in [6.07, 6.45) is 1.87. The molecule has 0 saturated carbocycles. The molecule has 3 heterocycles. The van der Waals surface area contributed by atoms with E-state index in [0.717, 1.165) is 31.9 Å². The van der Waals surface area contributed by atoms with E-state index in [1.807, 2.05) is 24.7 Å². The van der Waals surface area contributed by atoms with Crippen molar-refractivity contribution in [2.24, 2.45) is 7.05 Å². The minimum Gasteiger partial charge on any atom is -0.312 e. The van der Waals surface area contributed by atoms with Gasteiger partial charge in [-0.25, -0.2) is 9.97 Å². The predicted molar refractivity (Wildman–Crippen MR) is 74.3 cm³/mol. The smallest absolute Gasteiger partial charge is 0.160 e. The lowest BCUT2D eigenvalue weighted by Gasteiger charge is -1.99. The Hall–Kier alpha value is -1.20. The van der Waals surface area contributed by atoms with E-state index >= 15 is 0 Å². The maximum absolute atomic E-state index is 4.65. The van der Waals surface area contributed by atoms with Crippen molar-refractivity contribution in [3.8, 4) is 11.4 Å². The van der Waals surface area contributed by atoms with E-state index in [9.17, 15) is 0 Å². The van der Waals surface area contributed by atoms with Crippen LogP contribution in [0.15, 0.2) is 27.5 Å². The molecule has 0 N–H and O–H groups in total. The molecule has 0 spiro atoms. The number of imidazole rings is 1. The summed E-state index contributed by atoms with van der Waals surface area (Å²) in [5.41, 5.74) is 4.11.